The number of ether oxygens (including phenoxy) is 2. The van der Waals surface area contributed by atoms with Gasteiger partial charge in [0.1, 0.15) is 12.4 Å². The van der Waals surface area contributed by atoms with Gasteiger partial charge in [0, 0.05) is 19.5 Å². The minimum atomic E-state index is -1.28. The zero-order valence-corrected chi connectivity index (χ0v) is 13.6. The lowest BCUT2D eigenvalue weighted by Gasteiger charge is -2.15. The van der Waals surface area contributed by atoms with E-state index >= 15 is 0 Å². The van der Waals surface area contributed by atoms with Gasteiger partial charge in [0.15, 0.2) is 0 Å². The Labute approximate surface area is 143 Å². The lowest BCUT2D eigenvalue weighted by Crippen LogP contribution is -2.28. The highest BCUT2D eigenvalue weighted by Crippen LogP contribution is 2.22. The van der Waals surface area contributed by atoms with Crippen LogP contribution in [-0.4, -0.2) is 33.1 Å². The van der Waals surface area contributed by atoms with E-state index in [1.165, 1.54) is 6.20 Å². The molecule has 0 aliphatic rings. The second kappa shape index (κ2) is 8.26. The summed E-state index contributed by atoms with van der Waals surface area (Å²) in [5.41, 5.74) is 1.19. The Morgan fingerprint density at radius 3 is 2.71 bits per heavy atom. The lowest BCUT2D eigenvalue weighted by molar-refractivity contribution is -0.162. The van der Waals surface area contributed by atoms with Crippen molar-refractivity contribution in [1.29, 1.82) is 0 Å². The molecule has 0 fully saturated rings. The van der Waals surface area contributed by atoms with Crippen LogP contribution in [0.1, 0.15) is 18.2 Å². The maximum absolute atomic E-state index is 11.2. The second-order valence-corrected chi connectivity index (χ2v) is 5.19. The molecule has 1 heterocycles. The van der Waals surface area contributed by atoms with Crippen molar-refractivity contribution < 1.29 is 24.2 Å². The van der Waals surface area contributed by atoms with Crippen LogP contribution in [0.4, 0.5) is 0 Å². The first-order chi connectivity index (χ1) is 11.5. The monoisotopic (exact) mass is 350 g/mol. The summed E-state index contributed by atoms with van der Waals surface area (Å²) in [7, 11) is 0. The van der Waals surface area contributed by atoms with Crippen LogP contribution < -0.4 is 4.74 Å². The van der Waals surface area contributed by atoms with Gasteiger partial charge < -0.3 is 14.6 Å². The molecule has 0 aliphatic carbocycles. The van der Waals surface area contributed by atoms with E-state index < -0.39 is 18.0 Å². The molecule has 0 radical (unpaired) electrons. The molecule has 2 aromatic rings. The molecule has 0 amide bonds. The van der Waals surface area contributed by atoms with E-state index in [9.17, 15) is 9.59 Å². The largest absolute Gasteiger partial charge is 0.487 e. The van der Waals surface area contributed by atoms with Crippen LogP contribution in [0.3, 0.4) is 0 Å². The van der Waals surface area contributed by atoms with Crippen molar-refractivity contribution >= 4 is 23.5 Å². The van der Waals surface area contributed by atoms with Gasteiger partial charge in [-0.2, -0.15) is 0 Å². The SMILES string of the molecule is CC(=O)O[C@H](Cc1ccccc1OCc1ccnc(Cl)n1)C(=O)O. The molecule has 1 atom stereocenters. The van der Waals surface area contributed by atoms with Gasteiger partial charge >= 0.3 is 11.9 Å². The number of esters is 1. The summed E-state index contributed by atoms with van der Waals surface area (Å²) < 4.78 is 10.5. The van der Waals surface area contributed by atoms with E-state index in [4.69, 9.17) is 26.2 Å². The molecule has 0 saturated carbocycles. The number of aliphatic carboxylic acids is 1. The number of carboxylic acid groups (broad SMARTS) is 1. The Bertz CT molecular complexity index is 738. The molecule has 1 N–H and O–H groups in total. The number of hydrogen-bond donors (Lipinski definition) is 1. The third kappa shape index (κ3) is 5.20. The first-order valence-electron chi connectivity index (χ1n) is 7.04. The fourth-order valence-corrected chi connectivity index (χ4v) is 2.16. The molecule has 0 unspecified atom stereocenters. The van der Waals surface area contributed by atoms with Crippen LogP contribution in [0, 0.1) is 0 Å². The van der Waals surface area contributed by atoms with Crippen LogP contribution in [0.15, 0.2) is 36.5 Å². The van der Waals surface area contributed by atoms with Crippen molar-refractivity contribution in [2.24, 2.45) is 0 Å². The zero-order chi connectivity index (χ0) is 17.5. The van der Waals surface area contributed by atoms with Crippen molar-refractivity contribution in [3.63, 3.8) is 0 Å². The van der Waals surface area contributed by atoms with E-state index in [2.05, 4.69) is 9.97 Å². The summed E-state index contributed by atoms with van der Waals surface area (Å²) in [5, 5.41) is 9.28. The van der Waals surface area contributed by atoms with Crippen LogP contribution in [0.25, 0.3) is 0 Å². The maximum Gasteiger partial charge on any atom is 0.345 e. The molecule has 7 nitrogen and oxygen atoms in total. The van der Waals surface area contributed by atoms with Crippen molar-refractivity contribution in [3.05, 3.63) is 53.1 Å². The molecular weight excluding hydrogens is 336 g/mol. The summed E-state index contributed by atoms with van der Waals surface area (Å²) in [5.74, 6) is -1.40. The molecule has 8 heteroatoms. The van der Waals surface area contributed by atoms with Crippen LogP contribution in [0.2, 0.25) is 5.28 Å². The predicted octanol–water partition coefficient (Wildman–Crippen LogP) is 2.27. The number of aromatic nitrogens is 2. The average Bonchev–Trinajstić information content (AvgIpc) is 2.53. The Balaban J connectivity index is 2.11. The average molecular weight is 351 g/mol. The first kappa shape index (κ1) is 17.7. The molecule has 0 saturated heterocycles. The van der Waals surface area contributed by atoms with Crippen molar-refractivity contribution in [3.8, 4) is 5.75 Å². The smallest absolute Gasteiger partial charge is 0.345 e. The van der Waals surface area contributed by atoms with Gasteiger partial charge in [-0.3, -0.25) is 4.79 Å². The van der Waals surface area contributed by atoms with Gasteiger partial charge in [-0.05, 0) is 29.3 Å². The summed E-state index contributed by atoms with van der Waals surface area (Å²) in [6, 6.07) is 8.57. The van der Waals surface area contributed by atoms with Crippen LogP contribution in [-0.2, 0) is 27.4 Å². The number of benzene rings is 1. The Morgan fingerprint density at radius 1 is 1.29 bits per heavy atom. The minimum absolute atomic E-state index is 0.00435. The molecule has 24 heavy (non-hydrogen) atoms. The summed E-state index contributed by atoms with van der Waals surface area (Å²) in [4.78, 5) is 30.0. The number of hydrogen-bond acceptors (Lipinski definition) is 6. The topological polar surface area (TPSA) is 98.6 Å². The molecule has 1 aromatic heterocycles. The number of carboxylic acids is 1. The van der Waals surface area contributed by atoms with E-state index in [-0.39, 0.29) is 18.3 Å². The number of carbonyl (C=O) groups is 2. The van der Waals surface area contributed by atoms with Gasteiger partial charge in [-0.15, -0.1) is 0 Å². The summed E-state index contributed by atoms with van der Waals surface area (Å²) in [6.45, 7) is 1.31. The van der Waals surface area contributed by atoms with Crippen molar-refractivity contribution in [2.75, 3.05) is 0 Å². The van der Waals surface area contributed by atoms with E-state index in [0.29, 0.717) is 17.0 Å². The fourth-order valence-electron chi connectivity index (χ4n) is 1.99. The van der Waals surface area contributed by atoms with Gasteiger partial charge in [0.05, 0.1) is 5.69 Å². The Hall–Kier alpha value is -2.67. The fraction of sp³-hybridized carbons (Fsp3) is 0.250. The number of carbonyl (C=O) groups excluding carboxylic acids is 1. The van der Waals surface area contributed by atoms with Gasteiger partial charge in [-0.25, -0.2) is 14.8 Å². The number of nitrogens with zero attached hydrogens (tertiary/aromatic N) is 2. The van der Waals surface area contributed by atoms with Crippen molar-refractivity contribution in [1.82, 2.24) is 9.97 Å². The highest BCUT2D eigenvalue weighted by atomic mass is 35.5. The van der Waals surface area contributed by atoms with Gasteiger partial charge in [0.2, 0.25) is 11.4 Å². The Morgan fingerprint density at radius 2 is 2.04 bits per heavy atom. The second-order valence-electron chi connectivity index (χ2n) is 4.85. The number of rotatable bonds is 7. The quantitative estimate of drug-likeness (QED) is 0.604. The van der Waals surface area contributed by atoms with Crippen LogP contribution in [0.5, 0.6) is 5.75 Å². The number of para-hydroxylation sites is 1. The molecule has 0 spiro atoms. The Kier molecular flexibility index (Phi) is 6.08. The van der Waals surface area contributed by atoms with E-state index in [0.717, 1.165) is 6.92 Å². The van der Waals surface area contributed by atoms with Crippen molar-refractivity contribution in [2.45, 2.75) is 26.1 Å². The van der Waals surface area contributed by atoms with Crippen LogP contribution >= 0.6 is 11.6 Å². The maximum atomic E-state index is 11.2. The summed E-state index contributed by atoms with van der Waals surface area (Å²) in [6.07, 6.45) is 0.234. The molecule has 1 aromatic carbocycles. The third-order valence-corrected chi connectivity index (χ3v) is 3.20. The minimum Gasteiger partial charge on any atom is -0.487 e. The third-order valence-electron chi connectivity index (χ3n) is 3.02. The first-order valence-corrected chi connectivity index (χ1v) is 7.41. The molecular formula is C16H15ClN2O5. The lowest BCUT2D eigenvalue weighted by atomic mass is 10.1. The highest BCUT2D eigenvalue weighted by Gasteiger charge is 2.22. The standard InChI is InChI=1S/C16H15ClN2O5/c1-10(20)24-14(15(21)22)8-11-4-2-3-5-13(11)23-9-12-6-7-18-16(17)19-12/h2-7,14H,8-9H2,1H3,(H,21,22)/t14-/m1/s1. The van der Waals surface area contributed by atoms with E-state index in [1.54, 1.807) is 30.3 Å². The zero-order valence-electron chi connectivity index (χ0n) is 12.8. The molecule has 0 bridgehead atoms. The van der Waals surface area contributed by atoms with E-state index in [1.807, 2.05) is 0 Å². The predicted molar refractivity (Wildman–Crippen MR) is 84.7 cm³/mol. The molecule has 2 rings (SSSR count). The van der Waals surface area contributed by atoms with Gasteiger partial charge in [-0.1, -0.05) is 18.2 Å². The normalized spacial score (nSPS) is 11.6. The number of halogens is 1. The highest BCUT2D eigenvalue weighted by molar-refractivity contribution is 6.28. The molecule has 0 aliphatic heterocycles. The van der Waals surface area contributed by atoms with Gasteiger partial charge in [0.25, 0.3) is 0 Å². The molecule has 126 valence electrons. The summed E-state index contributed by atoms with van der Waals surface area (Å²) >= 11 is 5.72.